The van der Waals surface area contributed by atoms with Crippen molar-refractivity contribution in [1.82, 2.24) is 10.3 Å². The molecule has 98 valence electrons. The molecule has 0 amide bonds. The Labute approximate surface area is 114 Å². The third kappa shape index (κ3) is 2.97. The van der Waals surface area contributed by atoms with Gasteiger partial charge in [-0.05, 0) is 12.8 Å². The first kappa shape index (κ1) is 12.3. The molecular formula is C13H13N3O2S. The molecule has 1 aromatic heterocycles. The fourth-order valence-electron chi connectivity index (χ4n) is 1.81. The standard InChI is InChI=1S/C13H13N3O2S/c17-16(18)11-3-1-2-9(6-11)13-15-8-12(19-13)7-14-10-4-5-10/h1-3,6,8,10,14H,4-5,7H2. The van der Waals surface area contributed by atoms with Crippen molar-refractivity contribution in [1.29, 1.82) is 0 Å². The zero-order chi connectivity index (χ0) is 13.2. The molecule has 1 heterocycles. The van der Waals surface area contributed by atoms with Crippen molar-refractivity contribution >= 4 is 17.0 Å². The molecule has 19 heavy (non-hydrogen) atoms. The van der Waals surface area contributed by atoms with E-state index in [4.69, 9.17) is 0 Å². The Kier molecular flexibility index (Phi) is 3.27. The van der Waals surface area contributed by atoms with Gasteiger partial charge in [0.1, 0.15) is 5.01 Å². The molecule has 3 rings (SSSR count). The highest BCUT2D eigenvalue weighted by atomic mass is 32.1. The van der Waals surface area contributed by atoms with E-state index in [9.17, 15) is 10.1 Å². The fourth-order valence-corrected chi connectivity index (χ4v) is 2.67. The Bertz CT molecular complexity index is 607. The van der Waals surface area contributed by atoms with Crippen LogP contribution in [-0.4, -0.2) is 15.9 Å². The van der Waals surface area contributed by atoms with Crippen LogP contribution in [0.25, 0.3) is 10.6 Å². The highest BCUT2D eigenvalue weighted by Gasteiger charge is 2.20. The average Bonchev–Trinajstić information content (AvgIpc) is 3.13. The van der Waals surface area contributed by atoms with Crippen molar-refractivity contribution in [2.45, 2.75) is 25.4 Å². The molecule has 2 aromatic rings. The summed E-state index contributed by atoms with van der Waals surface area (Å²) < 4.78 is 0. The quantitative estimate of drug-likeness (QED) is 0.673. The lowest BCUT2D eigenvalue weighted by molar-refractivity contribution is -0.384. The fraction of sp³-hybridized carbons (Fsp3) is 0.308. The third-order valence-electron chi connectivity index (χ3n) is 3.00. The van der Waals surface area contributed by atoms with Crippen LogP contribution in [-0.2, 0) is 6.54 Å². The number of rotatable bonds is 5. The summed E-state index contributed by atoms with van der Waals surface area (Å²) in [5.41, 5.74) is 0.905. The highest BCUT2D eigenvalue weighted by Crippen LogP contribution is 2.28. The number of nitrogens with one attached hydrogen (secondary N) is 1. The van der Waals surface area contributed by atoms with Crippen molar-refractivity contribution in [2.75, 3.05) is 0 Å². The number of hydrogen-bond acceptors (Lipinski definition) is 5. The van der Waals surface area contributed by atoms with Crippen molar-refractivity contribution in [3.05, 3.63) is 45.5 Å². The molecule has 6 heteroatoms. The molecule has 1 aromatic carbocycles. The summed E-state index contributed by atoms with van der Waals surface area (Å²) in [6.07, 6.45) is 4.36. The van der Waals surface area contributed by atoms with Crippen LogP contribution in [0.15, 0.2) is 30.5 Å². The summed E-state index contributed by atoms with van der Waals surface area (Å²) in [5.74, 6) is 0. The molecule has 0 radical (unpaired) electrons. The molecule has 1 fully saturated rings. The van der Waals surface area contributed by atoms with E-state index in [1.54, 1.807) is 23.5 Å². The second kappa shape index (κ2) is 5.07. The zero-order valence-electron chi connectivity index (χ0n) is 10.2. The van der Waals surface area contributed by atoms with E-state index in [0.717, 1.165) is 22.0 Å². The zero-order valence-corrected chi connectivity index (χ0v) is 11.0. The molecule has 0 aliphatic heterocycles. The van der Waals surface area contributed by atoms with E-state index in [1.807, 2.05) is 12.3 Å². The molecular weight excluding hydrogens is 262 g/mol. The van der Waals surface area contributed by atoms with Gasteiger partial charge in [0.25, 0.3) is 5.69 Å². The topological polar surface area (TPSA) is 68.1 Å². The Morgan fingerprint density at radius 1 is 1.47 bits per heavy atom. The van der Waals surface area contributed by atoms with Crippen molar-refractivity contribution < 1.29 is 4.92 Å². The van der Waals surface area contributed by atoms with Crippen molar-refractivity contribution in [3.8, 4) is 10.6 Å². The van der Waals surface area contributed by atoms with Crippen molar-refractivity contribution in [2.24, 2.45) is 0 Å². The minimum Gasteiger partial charge on any atom is -0.309 e. The predicted molar refractivity (Wildman–Crippen MR) is 74.1 cm³/mol. The number of aromatic nitrogens is 1. The summed E-state index contributed by atoms with van der Waals surface area (Å²) >= 11 is 1.58. The van der Waals surface area contributed by atoms with Crippen LogP contribution < -0.4 is 5.32 Å². The summed E-state index contributed by atoms with van der Waals surface area (Å²) in [6.45, 7) is 0.831. The normalized spacial score (nSPS) is 14.5. The molecule has 1 saturated carbocycles. The van der Waals surface area contributed by atoms with E-state index in [0.29, 0.717) is 6.04 Å². The summed E-state index contributed by atoms with van der Waals surface area (Å²) in [7, 11) is 0. The van der Waals surface area contributed by atoms with E-state index < -0.39 is 0 Å². The first-order chi connectivity index (χ1) is 9.22. The predicted octanol–water partition coefficient (Wildman–Crippen LogP) is 2.97. The Morgan fingerprint density at radius 3 is 3.05 bits per heavy atom. The number of thiazole rings is 1. The average molecular weight is 275 g/mol. The molecule has 5 nitrogen and oxygen atoms in total. The third-order valence-corrected chi connectivity index (χ3v) is 4.05. The van der Waals surface area contributed by atoms with Gasteiger partial charge in [-0.2, -0.15) is 0 Å². The van der Waals surface area contributed by atoms with Gasteiger partial charge in [-0.25, -0.2) is 4.98 Å². The minimum atomic E-state index is -0.382. The molecule has 1 N–H and O–H groups in total. The number of nitro groups is 1. The lowest BCUT2D eigenvalue weighted by atomic mass is 10.2. The minimum absolute atomic E-state index is 0.102. The molecule has 0 spiro atoms. The van der Waals surface area contributed by atoms with Gasteiger partial charge in [-0.1, -0.05) is 12.1 Å². The Hall–Kier alpha value is -1.79. The molecule has 1 aliphatic rings. The van der Waals surface area contributed by atoms with Gasteiger partial charge in [-0.15, -0.1) is 11.3 Å². The van der Waals surface area contributed by atoms with Crippen LogP contribution >= 0.6 is 11.3 Å². The van der Waals surface area contributed by atoms with E-state index in [2.05, 4.69) is 10.3 Å². The first-order valence-corrected chi connectivity index (χ1v) is 6.97. The van der Waals surface area contributed by atoms with E-state index in [1.165, 1.54) is 18.9 Å². The Morgan fingerprint density at radius 2 is 2.32 bits per heavy atom. The van der Waals surface area contributed by atoms with Gasteiger partial charge in [0.05, 0.1) is 4.92 Å². The number of hydrogen-bond donors (Lipinski definition) is 1. The van der Waals surface area contributed by atoms with Gasteiger partial charge in [-0.3, -0.25) is 10.1 Å². The van der Waals surface area contributed by atoms with Crippen LogP contribution in [0.1, 0.15) is 17.7 Å². The van der Waals surface area contributed by atoms with Gasteiger partial charge in [0.15, 0.2) is 0 Å². The van der Waals surface area contributed by atoms with Gasteiger partial charge in [0.2, 0.25) is 0 Å². The summed E-state index contributed by atoms with van der Waals surface area (Å²) in [6, 6.07) is 7.27. The van der Waals surface area contributed by atoms with Gasteiger partial charge >= 0.3 is 0 Å². The maximum atomic E-state index is 10.8. The van der Waals surface area contributed by atoms with Crippen LogP contribution in [0, 0.1) is 10.1 Å². The molecule has 0 saturated heterocycles. The molecule has 1 aliphatic carbocycles. The second-order valence-electron chi connectivity index (χ2n) is 4.59. The largest absolute Gasteiger partial charge is 0.309 e. The van der Waals surface area contributed by atoms with E-state index >= 15 is 0 Å². The first-order valence-electron chi connectivity index (χ1n) is 6.15. The van der Waals surface area contributed by atoms with Crippen LogP contribution in [0.4, 0.5) is 5.69 Å². The van der Waals surface area contributed by atoms with Gasteiger partial charge in [0, 0.05) is 41.4 Å². The SMILES string of the molecule is O=[N+]([O-])c1cccc(-c2ncc(CNC3CC3)s2)c1. The monoisotopic (exact) mass is 275 g/mol. The smallest absolute Gasteiger partial charge is 0.270 e. The highest BCUT2D eigenvalue weighted by molar-refractivity contribution is 7.15. The number of benzene rings is 1. The Balaban J connectivity index is 1.77. The van der Waals surface area contributed by atoms with Crippen molar-refractivity contribution in [3.63, 3.8) is 0 Å². The van der Waals surface area contributed by atoms with Crippen LogP contribution in [0.3, 0.4) is 0 Å². The van der Waals surface area contributed by atoms with Crippen LogP contribution in [0.2, 0.25) is 0 Å². The number of nitrogens with zero attached hydrogens (tertiary/aromatic N) is 2. The lowest BCUT2D eigenvalue weighted by Gasteiger charge is -1.98. The molecule has 0 unspecified atom stereocenters. The van der Waals surface area contributed by atoms with Gasteiger partial charge < -0.3 is 5.32 Å². The second-order valence-corrected chi connectivity index (χ2v) is 5.71. The number of nitro benzene ring substituents is 1. The van der Waals surface area contributed by atoms with E-state index in [-0.39, 0.29) is 10.6 Å². The maximum Gasteiger partial charge on any atom is 0.270 e. The summed E-state index contributed by atoms with van der Waals surface area (Å²) in [5, 5.41) is 15.0. The number of non-ortho nitro benzene ring substituents is 1. The molecule has 0 bridgehead atoms. The maximum absolute atomic E-state index is 10.8. The summed E-state index contributed by atoms with van der Waals surface area (Å²) in [4.78, 5) is 15.9. The lowest BCUT2D eigenvalue weighted by Crippen LogP contribution is -2.14. The molecule has 0 atom stereocenters. The van der Waals surface area contributed by atoms with Crippen LogP contribution in [0.5, 0.6) is 0 Å².